The number of carbonyl (C=O) groups is 2. The van der Waals surface area contributed by atoms with Crippen LogP contribution in [0.1, 0.15) is 25.0 Å². The van der Waals surface area contributed by atoms with Gasteiger partial charge >= 0.3 is 0 Å². The molecule has 36 heavy (non-hydrogen) atoms. The second kappa shape index (κ2) is 10.0. The molecule has 3 aromatic carbocycles. The smallest absolute Gasteiger partial charge is 0.277 e. The molecule has 1 aliphatic rings. The SMILES string of the molecule is COc1ccc(-n2c(=O)c(CCC(=O)Nc3cccc(N4CCCC4=O)c3)nc3ccccc32)cc1. The van der Waals surface area contributed by atoms with Crippen LogP contribution in [-0.4, -0.2) is 35.0 Å². The van der Waals surface area contributed by atoms with Gasteiger partial charge in [-0.1, -0.05) is 18.2 Å². The number of benzene rings is 3. The van der Waals surface area contributed by atoms with E-state index in [1.807, 2.05) is 48.5 Å². The Hall–Kier alpha value is -4.46. The van der Waals surface area contributed by atoms with Crippen molar-refractivity contribution < 1.29 is 14.3 Å². The molecule has 0 unspecified atom stereocenters. The number of hydrogen-bond donors (Lipinski definition) is 1. The monoisotopic (exact) mass is 482 g/mol. The Balaban J connectivity index is 1.36. The van der Waals surface area contributed by atoms with Crippen LogP contribution in [0.4, 0.5) is 11.4 Å². The molecule has 0 aliphatic carbocycles. The number of amides is 2. The Morgan fingerprint density at radius 3 is 2.56 bits per heavy atom. The maximum Gasteiger partial charge on any atom is 0.277 e. The number of ether oxygens (including phenoxy) is 1. The number of aryl methyl sites for hydroxylation is 1. The van der Waals surface area contributed by atoms with Gasteiger partial charge in [-0.05, 0) is 61.0 Å². The maximum atomic E-state index is 13.4. The average Bonchev–Trinajstić information content (AvgIpc) is 3.33. The summed E-state index contributed by atoms with van der Waals surface area (Å²) in [6.07, 6.45) is 1.66. The molecule has 1 saturated heterocycles. The summed E-state index contributed by atoms with van der Waals surface area (Å²) >= 11 is 0. The number of nitrogens with one attached hydrogen (secondary N) is 1. The molecule has 1 N–H and O–H groups in total. The Morgan fingerprint density at radius 1 is 1.00 bits per heavy atom. The minimum atomic E-state index is -0.263. The lowest BCUT2D eigenvalue weighted by Crippen LogP contribution is -2.26. The van der Waals surface area contributed by atoms with Gasteiger partial charge in [-0.2, -0.15) is 0 Å². The zero-order valence-corrected chi connectivity index (χ0v) is 19.9. The van der Waals surface area contributed by atoms with Gasteiger partial charge in [0.2, 0.25) is 11.8 Å². The molecule has 0 radical (unpaired) electrons. The van der Waals surface area contributed by atoms with Crippen LogP contribution >= 0.6 is 0 Å². The van der Waals surface area contributed by atoms with Crippen molar-refractivity contribution in [1.82, 2.24) is 9.55 Å². The van der Waals surface area contributed by atoms with Crippen molar-refractivity contribution in [3.05, 3.63) is 88.8 Å². The van der Waals surface area contributed by atoms with Crippen LogP contribution in [0.2, 0.25) is 0 Å². The van der Waals surface area contributed by atoms with E-state index in [1.54, 1.807) is 40.8 Å². The lowest BCUT2D eigenvalue weighted by Gasteiger charge is -2.17. The number of fused-ring (bicyclic) bond motifs is 1. The number of carbonyl (C=O) groups excluding carboxylic acids is 2. The lowest BCUT2D eigenvalue weighted by atomic mass is 10.2. The Morgan fingerprint density at radius 2 is 1.81 bits per heavy atom. The summed E-state index contributed by atoms with van der Waals surface area (Å²) < 4.78 is 6.85. The van der Waals surface area contributed by atoms with E-state index >= 15 is 0 Å². The van der Waals surface area contributed by atoms with Crippen LogP contribution < -0.4 is 20.5 Å². The molecular weight excluding hydrogens is 456 g/mol. The Labute approximate surface area is 208 Å². The predicted octanol–water partition coefficient (Wildman–Crippen LogP) is 4.09. The molecule has 1 aromatic heterocycles. The fourth-order valence-corrected chi connectivity index (χ4v) is 4.46. The summed E-state index contributed by atoms with van der Waals surface area (Å²) in [6, 6.07) is 21.9. The summed E-state index contributed by atoms with van der Waals surface area (Å²) in [5.74, 6) is 0.555. The molecule has 0 saturated carbocycles. The van der Waals surface area contributed by atoms with Gasteiger partial charge in [-0.25, -0.2) is 4.98 Å². The fraction of sp³-hybridized carbons (Fsp3) is 0.214. The number of para-hydroxylation sites is 2. The highest BCUT2D eigenvalue weighted by Gasteiger charge is 2.22. The molecule has 4 aromatic rings. The summed E-state index contributed by atoms with van der Waals surface area (Å²) in [7, 11) is 1.59. The third-order valence-electron chi connectivity index (χ3n) is 6.26. The summed E-state index contributed by atoms with van der Waals surface area (Å²) in [4.78, 5) is 44.5. The molecular formula is C28H26N4O4. The van der Waals surface area contributed by atoms with E-state index in [0.717, 1.165) is 12.1 Å². The molecule has 1 aliphatic heterocycles. The number of anilines is 2. The maximum absolute atomic E-state index is 13.4. The summed E-state index contributed by atoms with van der Waals surface area (Å²) in [6.45, 7) is 0.685. The average molecular weight is 483 g/mol. The second-order valence-corrected chi connectivity index (χ2v) is 8.63. The van der Waals surface area contributed by atoms with Crippen molar-refractivity contribution in [3.8, 4) is 11.4 Å². The van der Waals surface area contributed by atoms with Gasteiger partial charge in [-0.3, -0.25) is 19.0 Å². The molecule has 0 spiro atoms. The third kappa shape index (κ3) is 4.70. The molecule has 0 bridgehead atoms. The zero-order valence-electron chi connectivity index (χ0n) is 19.9. The van der Waals surface area contributed by atoms with Crippen molar-refractivity contribution in [3.63, 3.8) is 0 Å². The van der Waals surface area contributed by atoms with Crippen LogP contribution in [-0.2, 0) is 16.0 Å². The van der Waals surface area contributed by atoms with Crippen LogP contribution in [0, 0.1) is 0 Å². The summed E-state index contributed by atoms with van der Waals surface area (Å²) in [5.41, 5.74) is 3.49. The first-order valence-corrected chi connectivity index (χ1v) is 11.9. The van der Waals surface area contributed by atoms with Gasteiger partial charge in [0.15, 0.2) is 0 Å². The van der Waals surface area contributed by atoms with E-state index in [-0.39, 0.29) is 30.2 Å². The Bertz CT molecular complexity index is 1490. The van der Waals surface area contributed by atoms with Crippen molar-refractivity contribution >= 4 is 34.2 Å². The first-order valence-electron chi connectivity index (χ1n) is 11.9. The third-order valence-corrected chi connectivity index (χ3v) is 6.26. The molecule has 1 fully saturated rings. The van der Waals surface area contributed by atoms with E-state index in [1.165, 1.54) is 0 Å². The highest BCUT2D eigenvalue weighted by Crippen LogP contribution is 2.24. The quantitative estimate of drug-likeness (QED) is 0.428. The number of methoxy groups -OCH3 is 1. The highest BCUT2D eigenvalue weighted by molar-refractivity contribution is 5.97. The number of nitrogens with zero attached hydrogens (tertiary/aromatic N) is 3. The van der Waals surface area contributed by atoms with Crippen LogP contribution in [0.15, 0.2) is 77.6 Å². The van der Waals surface area contributed by atoms with Crippen molar-refractivity contribution in [1.29, 1.82) is 0 Å². The van der Waals surface area contributed by atoms with Crippen LogP contribution in [0.3, 0.4) is 0 Å². The van der Waals surface area contributed by atoms with Crippen molar-refractivity contribution in [2.24, 2.45) is 0 Å². The number of aromatic nitrogens is 2. The molecule has 182 valence electrons. The van der Waals surface area contributed by atoms with Gasteiger partial charge in [-0.15, -0.1) is 0 Å². The van der Waals surface area contributed by atoms with E-state index in [2.05, 4.69) is 10.3 Å². The van der Waals surface area contributed by atoms with E-state index < -0.39 is 0 Å². The molecule has 8 nitrogen and oxygen atoms in total. The largest absolute Gasteiger partial charge is 0.497 e. The molecule has 2 heterocycles. The minimum Gasteiger partial charge on any atom is -0.497 e. The van der Waals surface area contributed by atoms with Crippen molar-refractivity contribution in [2.75, 3.05) is 23.9 Å². The lowest BCUT2D eigenvalue weighted by molar-refractivity contribution is -0.117. The van der Waals surface area contributed by atoms with Crippen molar-refractivity contribution in [2.45, 2.75) is 25.7 Å². The van der Waals surface area contributed by atoms with Gasteiger partial charge in [0.25, 0.3) is 5.56 Å². The van der Waals surface area contributed by atoms with Gasteiger partial charge < -0.3 is 15.0 Å². The highest BCUT2D eigenvalue weighted by atomic mass is 16.5. The van der Waals surface area contributed by atoms with Crippen LogP contribution in [0.25, 0.3) is 16.7 Å². The van der Waals surface area contributed by atoms with E-state index in [0.29, 0.717) is 46.8 Å². The van der Waals surface area contributed by atoms with Gasteiger partial charge in [0.05, 0.1) is 18.1 Å². The van der Waals surface area contributed by atoms with Gasteiger partial charge in [0.1, 0.15) is 11.4 Å². The zero-order chi connectivity index (χ0) is 25.1. The molecule has 0 atom stereocenters. The minimum absolute atomic E-state index is 0.0917. The number of rotatable bonds is 7. The molecule has 5 rings (SSSR count). The predicted molar refractivity (Wildman–Crippen MR) is 139 cm³/mol. The fourth-order valence-electron chi connectivity index (χ4n) is 4.46. The first-order chi connectivity index (χ1) is 17.5. The standard InChI is InChI=1S/C28H26N4O4/c1-36-22-13-11-20(12-14-22)32-25-9-3-2-8-23(25)30-24(28(32)35)15-16-26(33)29-19-6-4-7-21(18-19)31-17-5-10-27(31)34/h2-4,6-9,11-14,18H,5,10,15-17H2,1H3,(H,29,33). The normalized spacial score (nSPS) is 13.2. The molecule has 2 amide bonds. The number of hydrogen-bond acceptors (Lipinski definition) is 5. The van der Waals surface area contributed by atoms with E-state index in [9.17, 15) is 14.4 Å². The second-order valence-electron chi connectivity index (χ2n) is 8.63. The molecule has 8 heteroatoms. The van der Waals surface area contributed by atoms with E-state index in [4.69, 9.17) is 4.74 Å². The topological polar surface area (TPSA) is 93.5 Å². The summed E-state index contributed by atoms with van der Waals surface area (Å²) in [5, 5.41) is 2.88. The van der Waals surface area contributed by atoms with Crippen LogP contribution in [0.5, 0.6) is 5.75 Å². The first kappa shape index (κ1) is 23.3. The van der Waals surface area contributed by atoms with Gasteiger partial charge in [0, 0.05) is 42.9 Å². The Kier molecular flexibility index (Phi) is 6.49.